The van der Waals surface area contributed by atoms with Crippen LogP contribution in [-0.4, -0.2) is 36.5 Å². The van der Waals surface area contributed by atoms with E-state index in [1.165, 1.54) is 39.8 Å². The molecule has 0 amide bonds. The first kappa shape index (κ1) is 25.5. The van der Waals surface area contributed by atoms with Gasteiger partial charge in [0.25, 0.3) is 0 Å². The smallest absolute Gasteiger partial charge is 0.308 e. The van der Waals surface area contributed by atoms with Crippen molar-refractivity contribution in [2.75, 3.05) is 6.61 Å². The molecule has 0 radical (unpaired) electrons. The molecule has 3 rings (SSSR count). The number of carbonyl (C=O) groups is 3. The first-order valence-electron chi connectivity index (χ1n) is 10.9. The number of esters is 3. The summed E-state index contributed by atoms with van der Waals surface area (Å²) in [5, 5.41) is 7.87. The maximum Gasteiger partial charge on any atom is 0.308 e. The van der Waals surface area contributed by atoms with Crippen molar-refractivity contribution in [2.24, 2.45) is 0 Å². The third-order valence-corrected chi connectivity index (χ3v) is 4.83. The van der Waals surface area contributed by atoms with Crippen LogP contribution in [-0.2, 0) is 25.5 Å². The predicted molar refractivity (Wildman–Crippen MR) is 123 cm³/mol. The van der Waals surface area contributed by atoms with Gasteiger partial charge in [0.05, 0.1) is 6.61 Å². The van der Waals surface area contributed by atoms with E-state index in [1.807, 2.05) is 6.92 Å². The van der Waals surface area contributed by atoms with E-state index in [4.69, 9.17) is 33.8 Å². The largest absolute Gasteiger partial charge is 0.493 e. The van der Waals surface area contributed by atoms with E-state index in [0.717, 1.165) is 0 Å². The van der Waals surface area contributed by atoms with Crippen LogP contribution in [0.4, 0.5) is 0 Å². The third kappa shape index (κ3) is 6.50. The molecule has 1 aliphatic rings. The molecule has 1 aliphatic heterocycles. The zero-order valence-corrected chi connectivity index (χ0v) is 20.1. The molecule has 1 heterocycles. The summed E-state index contributed by atoms with van der Waals surface area (Å²) in [5.41, 5.74) is 1.24. The van der Waals surface area contributed by atoms with Crippen molar-refractivity contribution < 1.29 is 42.8 Å². The second kappa shape index (κ2) is 10.9. The summed E-state index contributed by atoms with van der Waals surface area (Å²) in [5.74, 6) is -0.424. The number of ether oxygens (including phenoxy) is 6. The Kier molecular flexibility index (Phi) is 7.95. The predicted octanol–water partition coefficient (Wildman–Crippen LogP) is 3.92. The minimum Gasteiger partial charge on any atom is -0.493 e. The lowest BCUT2D eigenvalue weighted by Crippen LogP contribution is -2.34. The van der Waals surface area contributed by atoms with E-state index in [9.17, 15) is 14.4 Å². The first-order valence-corrected chi connectivity index (χ1v) is 10.9. The number of carbonyl (C=O) groups excluding carboxylic acids is 3. The fourth-order valence-corrected chi connectivity index (χ4v) is 3.72. The van der Waals surface area contributed by atoms with E-state index >= 15 is 0 Å². The van der Waals surface area contributed by atoms with Crippen LogP contribution < -0.4 is 23.7 Å². The van der Waals surface area contributed by atoms with E-state index in [-0.39, 0.29) is 23.1 Å². The molecule has 1 N–H and O–H groups in total. The lowest BCUT2D eigenvalue weighted by atomic mass is 9.93. The van der Waals surface area contributed by atoms with Crippen LogP contribution in [0.25, 0.3) is 0 Å². The average molecular weight is 485 g/mol. The van der Waals surface area contributed by atoms with Gasteiger partial charge in [0.2, 0.25) is 0 Å². The van der Waals surface area contributed by atoms with E-state index in [2.05, 4.69) is 0 Å². The molecule has 2 atom stereocenters. The van der Waals surface area contributed by atoms with Gasteiger partial charge >= 0.3 is 17.9 Å². The molecular weight excluding hydrogens is 458 g/mol. The van der Waals surface area contributed by atoms with Crippen LogP contribution >= 0.6 is 0 Å². The number of hydrogen-bond acceptors (Lipinski definition) is 10. The number of benzene rings is 2. The molecule has 2 unspecified atom stereocenters. The van der Waals surface area contributed by atoms with Crippen molar-refractivity contribution in [3.8, 4) is 28.7 Å². The van der Waals surface area contributed by atoms with Crippen molar-refractivity contribution >= 4 is 23.8 Å². The van der Waals surface area contributed by atoms with Crippen molar-refractivity contribution in [3.05, 3.63) is 41.5 Å². The summed E-state index contributed by atoms with van der Waals surface area (Å²) in [7, 11) is 0. The summed E-state index contributed by atoms with van der Waals surface area (Å²) >= 11 is 0. The van der Waals surface area contributed by atoms with Gasteiger partial charge in [-0.25, -0.2) is 0 Å². The van der Waals surface area contributed by atoms with Crippen LogP contribution in [0.2, 0.25) is 0 Å². The Morgan fingerprint density at radius 3 is 2.17 bits per heavy atom. The number of rotatable bonds is 7. The van der Waals surface area contributed by atoms with Gasteiger partial charge < -0.3 is 28.4 Å². The van der Waals surface area contributed by atoms with Crippen LogP contribution in [0, 0.1) is 5.41 Å². The van der Waals surface area contributed by atoms with Gasteiger partial charge in [-0.3, -0.25) is 19.8 Å². The van der Waals surface area contributed by atoms with Crippen molar-refractivity contribution in [3.63, 3.8) is 0 Å². The number of nitrogens with one attached hydrogen (secondary N) is 1. The highest BCUT2D eigenvalue weighted by atomic mass is 16.6. The Bertz CT molecular complexity index is 1160. The van der Waals surface area contributed by atoms with Crippen molar-refractivity contribution in [2.45, 2.75) is 53.2 Å². The van der Waals surface area contributed by atoms with Gasteiger partial charge in [-0.2, -0.15) is 0 Å². The Hall–Kier alpha value is -4.08. The van der Waals surface area contributed by atoms with Crippen LogP contribution in [0.15, 0.2) is 30.3 Å². The molecule has 10 heteroatoms. The molecule has 2 aromatic rings. The zero-order valence-electron chi connectivity index (χ0n) is 20.1. The number of hydrogen-bond donors (Lipinski definition) is 1. The second-order valence-corrected chi connectivity index (χ2v) is 7.77. The molecule has 0 fully saturated rings. The van der Waals surface area contributed by atoms with Crippen LogP contribution in [0.1, 0.15) is 51.8 Å². The molecule has 10 nitrogen and oxygen atoms in total. The van der Waals surface area contributed by atoms with E-state index in [1.54, 1.807) is 18.2 Å². The Balaban J connectivity index is 2.08. The van der Waals surface area contributed by atoms with Gasteiger partial charge in [-0.05, 0) is 19.1 Å². The topological polar surface area (TPSA) is 130 Å². The molecule has 0 saturated carbocycles. The van der Waals surface area contributed by atoms with E-state index in [0.29, 0.717) is 35.7 Å². The minimum absolute atomic E-state index is 0.0155. The molecule has 2 aromatic carbocycles. The van der Waals surface area contributed by atoms with Crippen molar-refractivity contribution in [1.82, 2.24) is 0 Å². The van der Waals surface area contributed by atoms with Gasteiger partial charge in [0.1, 0.15) is 23.4 Å². The second-order valence-electron chi connectivity index (χ2n) is 7.77. The monoisotopic (exact) mass is 485 g/mol. The molecule has 0 bridgehead atoms. The van der Waals surface area contributed by atoms with Crippen molar-refractivity contribution in [1.29, 1.82) is 5.41 Å². The minimum atomic E-state index is -0.745. The Morgan fingerprint density at radius 1 is 0.914 bits per heavy atom. The maximum absolute atomic E-state index is 11.6. The fourth-order valence-electron chi connectivity index (χ4n) is 3.72. The first-order chi connectivity index (χ1) is 16.6. The lowest BCUT2D eigenvalue weighted by Gasteiger charge is -2.35. The van der Waals surface area contributed by atoms with E-state index < -0.39 is 30.1 Å². The Labute approximate surface area is 202 Å². The Morgan fingerprint density at radius 2 is 1.57 bits per heavy atom. The third-order valence-electron chi connectivity index (χ3n) is 4.83. The summed E-state index contributed by atoms with van der Waals surface area (Å²) in [6.45, 7) is 7.47. The zero-order chi connectivity index (χ0) is 25.7. The molecular formula is C25H27NO9. The fraction of sp³-hybridized carbons (Fsp3) is 0.360. The highest BCUT2D eigenvalue weighted by molar-refractivity contribution is 5.74. The standard InChI is InChI=1S/C25H27NO9/c1-6-30-21-10-18(32-14(3)27)11-22-19(21)12-24(31-13(2)26)25(35-22)17-7-8-20(33-15(4)28)23(9-17)34-16(5)29/h7-11,24-26H,6,12H2,1-5H3. The van der Waals surface area contributed by atoms with Crippen LogP contribution in [0.3, 0.4) is 0 Å². The summed E-state index contributed by atoms with van der Waals surface area (Å²) < 4.78 is 33.4. The number of fused-ring (bicyclic) bond motifs is 1. The summed E-state index contributed by atoms with van der Waals surface area (Å²) in [6.07, 6.45) is -1.06. The maximum atomic E-state index is 11.6. The van der Waals surface area contributed by atoms with Gasteiger partial charge in [-0.15, -0.1) is 0 Å². The van der Waals surface area contributed by atoms with Gasteiger partial charge in [0.15, 0.2) is 23.5 Å². The molecule has 0 saturated heterocycles. The summed E-state index contributed by atoms with van der Waals surface area (Å²) in [6, 6.07) is 7.85. The highest BCUT2D eigenvalue weighted by Gasteiger charge is 2.36. The quantitative estimate of drug-likeness (QED) is 0.268. The average Bonchev–Trinajstić information content (AvgIpc) is 2.73. The normalized spacial score (nSPS) is 16.3. The molecule has 0 aliphatic carbocycles. The van der Waals surface area contributed by atoms with Gasteiger partial charge in [-0.1, -0.05) is 6.07 Å². The van der Waals surface area contributed by atoms with Gasteiger partial charge in [0, 0.05) is 57.4 Å². The SMILES string of the molecule is CCOc1cc(OC(C)=O)cc2c1CC(OC(C)=N)C(c1ccc(OC(C)=O)c(OC(C)=O)c1)O2. The van der Waals surface area contributed by atoms with Crippen LogP contribution in [0.5, 0.6) is 28.7 Å². The molecule has 186 valence electrons. The lowest BCUT2D eigenvalue weighted by molar-refractivity contribution is -0.134. The molecule has 0 aromatic heterocycles. The molecule has 35 heavy (non-hydrogen) atoms. The highest BCUT2D eigenvalue weighted by Crippen LogP contribution is 2.44. The summed E-state index contributed by atoms with van der Waals surface area (Å²) in [4.78, 5) is 34.6. The molecule has 0 spiro atoms.